The third-order valence-corrected chi connectivity index (χ3v) is 1.99. The van der Waals surface area contributed by atoms with Crippen molar-refractivity contribution in [1.29, 1.82) is 0 Å². The molecule has 0 heterocycles. The molecule has 1 aromatic carbocycles. The number of halogens is 1. The summed E-state index contributed by atoms with van der Waals surface area (Å²) in [6.07, 6.45) is 0. The molecule has 0 aromatic heterocycles. The lowest BCUT2D eigenvalue weighted by Gasteiger charge is -2.23. The molecule has 0 aliphatic rings. The number of carboxylic acids is 1. The standard InChI is InChI=1S/C11H14ClNO3/c1-11(2,3)16-9-7(10(14)15)4-6(13)5-8(9)12/h4-5H,13H2,1-3H3,(H,14,15). The van der Waals surface area contributed by atoms with Crippen molar-refractivity contribution >= 4 is 23.3 Å². The fourth-order valence-electron chi connectivity index (χ4n) is 1.18. The second-order valence-electron chi connectivity index (χ2n) is 4.40. The Kier molecular flexibility index (Phi) is 3.33. The van der Waals surface area contributed by atoms with Gasteiger partial charge in [-0.1, -0.05) is 11.6 Å². The minimum absolute atomic E-state index is 0.0278. The number of rotatable bonds is 2. The predicted octanol–water partition coefficient (Wildman–Crippen LogP) is 2.80. The SMILES string of the molecule is CC(C)(C)Oc1c(Cl)cc(N)cc1C(=O)O. The summed E-state index contributed by atoms with van der Waals surface area (Å²) >= 11 is 5.92. The van der Waals surface area contributed by atoms with E-state index < -0.39 is 11.6 Å². The van der Waals surface area contributed by atoms with Crippen LogP contribution in [0.5, 0.6) is 5.75 Å². The largest absolute Gasteiger partial charge is 0.486 e. The van der Waals surface area contributed by atoms with Crippen LogP contribution < -0.4 is 10.5 Å². The van der Waals surface area contributed by atoms with Crippen molar-refractivity contribution in [3.05, 3.63) is 22.7 Å². The molecule has 0 unspecified atom stereocenters. The van der Waals surface area contributed by atoms with Gasteiger partial charge in [0.15, 0.2) is 5.75 Å². The molecule has 1 aromatic rings. The molecular weight excluding hydrogens is 230 g/mol. The van der Waals surface area contributed by atoms with E-state index in [-0.39, 0.29) is 16.3 Å². The Labute approximate surface area is 99.0 Å². The van der Waals surface area contributed by atoms with Gasteiger partial charge in [-0.2, -0.15) is 0 Å². The van der Waals surface area contributed by atoms with Gasteiger partial charge in [0, 0.05) is 5.69 Å². The summed E-state index contributed by atoms with van der Waals surface area (Å²) in [5, 5.41) is 9.22. The molecule has 0 aliphatic heterocycles. The summed E-state index contributed by atoms with van der Waals surface area (Å²) in [4.78, 5) is 11.0. The fraction of sp³-hybridized carbons (Fsp3) is 0.364. The van der Waals surface area contributed by atoms with Crippen molar-refractivity contribution in [2.45, 2.75) is 26.4 Å². The van der Waals surface area contributed by atoms with Crippen LogP contribution in [0, 0.1) is 0 Å². The van der Waals surface area contributed by atoms with E-state index >= 15 is 0 Å². The molecule has 0 saturated carbocycles. The van der Waals surface area contributed by atoms with Crippen LogP contribution in [0.15, 0.2) is 12.1 Å². The summed E-state index contributed by atoms with van der Waals surface area (Å²) in [7, 11) is 0. The van der Waals surface area contributed by atoms with Crippen LogP contribution in [0.4, 0.5) is 5.69 Å². The maximum absolute atomic E-state index is 11.0. The van der Waals surface area contributed by atoms with Gasteiger partial charge < -0.3 is 15.6 Å². The Morgan fingerprint density at radius 3 is 2.44 bits per heavy atom. The first kappa shape index (κ1) is 12.6. The van der Waals surface area contributed by atoms with Gasteiger partial charge in [0.25, 0.3) is 0 Å². The third-order valence-electron chi connectivity index (χ3n) is 1.70. The normalized spacial score (nSPS) is 11.2. The maximum atomic E-state index is 11.0. The molecule has 5 heteroatoms. The summed E-state index contributed by atoms with van der Waals surface area (Å²) in [5.74, 6) is -0.968. The van der Waals surface area contributed by atoms with Gasteiger partial charge in [-0.25, -0.2) is 4.79 Å². The Balaban J connectivity index is 3.30. The summed E-state index contributed by atoms with van der Waals surface area (Å²) in [6, 6.07) is 2.80. The molecule has 0 bridgehead atoms. The fourth-order valence-corrected chi connectivity index (χ4v) is 1.45. The number of nitrogen functional groups attached to an aromatic ring is 1. The summed E-state index contributed by atoms with van der Waals surface area (Å²) in [6.45, 7) is 5.43. The zero-order valence-electron chi connectivity index (χ0n) is 9.37. The minimum Gasteiger partial charge on any atom is -0.486 e. The van der Waals surface area contributed by atoms with Gasteiger partial charge in [-0.15, -0.1) is 0 Å². The number of ether oxygens (including phenoxy) is 1. The van der Waals surface area contributed by atoms with Gasteiger partial charge in [0.2, 0.25) is 0 Å². The van der Waals surface area contributed by atoms with Gasteiger partial charge in [0.05, 0.1) is 5.02 Å². The van der Waals surface area contributed by atoms with Crippen LogP contribution in [-0.4, -0.2) is 16.7 Å². The molecule has 0 aliphatic carbocycles. The lowest BCUT2D eigenvalue weighted by Crippen LogP contribution is -2.24. The lowest BCUT2D eigenvalue weighted by atomic mass is 10.1. The molecular formula is C11H14ClNO3. The highest BCUT2D eigenvalue weighted by Gasteiger charge is 2.21. The first-order chi connectivity index (χ1) is 7.20. The van der Waals surface area contributed by atoms with Crippen molar-refractivity contribution in [3.8, 4) is 5.75 Å². The highest BCUT2D eigenvalue weighted by Crippen LogP contribution is 2.34. The lowest BCUT2D eigenvalue weighted by molar-refractivity contribution is 0.0681. The van der Waals surface area contributed by atoms with Gasteiger partial charge >= 0.3 is 5.97 Å². The first-order valence-electron chi connectivity index (χ1n) is 4.72. The molecule has 1 rings (SSSR count). The molecule has 16 heavy (non-hydrogen) atoms. The minimum atomic E-state index is -1.12. The van der Waals surface area contributed by atoms with Crippen LogP contribution >= 0.6 is 11.6 Å². The van der Waals surface area contributed by atoms with Crippen LogP contribution in [0.1, 0.15) is 31.1 Å². The number of hydrogen-bond acceptors (Lipinski definition) is 3. The predicted molar refractivity (Wildman–Crippen MR) is 63.2 cm³/mol. The van der Waals surface area contributed by atoms with E-state index in [0.717, 1.165) is 0 Å². The number of nitrogens with two attached hydrogens (primary N) is 1. The van der Waals surface area contributed by atoms with Gasteiger partial charge in [-0.05, 0) is 32.9 Å². The van der Waals surface area contributed by atoms with Crippen LogP contribution in [-0.2, 0) is 0 Å². The zero-order chi connectivity index (χ0) is 12.5. The number of anilines is 1. The van der Waals surface area contributed by atoms with E-state index in [1.54, 1.807) is 0 Å². The van der Waals surface area contributed by atoms with Crippen molar-refractivity contribution in [2.24, 2.45) is 0 Å². The van der Waals surface area contributed by atoms with Crippen molar-refractivity contribution in [2.75, 3.05) is 5.73 Å². The quantitative estimate of drug-likeness (QED) is 0.784. The molecule has 0 saturated heterocycles. The topological polar surface area (TPSA) is 72.5 Å². The molecule has 0 radical (unpaired) electrons. The number of aromatic carboxylic acids is 1. The van der Waals surface area contributed by atoms with E-state index in [4.69, 9.17) is 27.2 Å². The molecule has 88 valence electrons. The zero-order valence-corrected chi connectivity index (χ0v) is 10.1. The smallest absolute Gasteiger partial charge is 0.339 e. The highest BCUT2D eigenvalue weighted by molar-refractivity contribution is 6.33. The number of carbonyl (C=O) groups is 1. The molecule has 4 nitrogen and oxygen atoms in total. The second-order valence-corrected chi connectivity index (χ2v) is 4.81. The molecule has 0 fully saturated rings. The average molecular weight is 244 g/mol. The number of carboxylic acid groups (broad SMARTS) is 1. The number of hydrogen-bond donors (Lipinski definition) is 2. The Morgan fingerprint density at radius 2 is 2.00 bits per heavy atom. The Bertz CT molecular complexity index is 424. The van der Waals surface area contributed by atoms with Crippen LogP contribution in [0.25, 0.3) is 0 Å². The summed E-state index contributed by atoms with van der Waals surface area (Å²) in [5.41, 5.74) is 5.27. The van der Waals surface area contributed by atoms with Crippen molar-refractivity contribution in [1.82, 2.24) is 0 Å². The van der Waals surface area contributed by atoms with E-state index in [0.29, 0.717) is 5.69 Å². The Morgan fingerprint density at radius 1 is 1.44 bits per heavy atom. The van der Waals surface area contributed by atoms with Crippen molar-refractivity contribution < 1.29 is 14.6 Å². The van der Waals surface area contributed by atoms with E-state index in [2.05, 4.69) is 0 Å². The monoisotopic (exact) mass is 243 g/mol. The first-order valence-corrected chi connectivity index (χ1v) is 5.10. The van der Waals surface area contributed by atoms with Crippen LogP contribution in [0.2, 0.25) is 5.02 Å². The van der Waals surface area contributed by atoms with E-state index in [9.17, 15) is 4.79 Å². The average Bonchev–Trinajstić information content (AvgIpc) is 2.07. The molecule has 3 N–H and O–H groups in total. The summed E-state index contributed by atoms with van der Waals surface area (Å²) < 4.78 is 5.51. The highest BCUT2D eigenvalue weighted by atomic mass is 35.5. The van der Waals surface area contributed by atoms with E-state index in [1.165, 1.54) is 12.1 Å². The van der Waals surface area contributed by atoms with Gasteiger partial charge in [-0.3, -0.25) is 0 Å². The van der Waals surface area contributed by atoms with Gasteiger partial charge in [0.1, 0.15) is 11.2 Å². The van der Waals surface area contributed by atoms with Crippen molar-refractivity contribution in [3.63, 3.8) is 0 Å². The molecule has 0 spiro atoms. The molecule has 0 amide bonds. The van der Waals surface area contributed by atoms with E-state index in [1.807, 2.05) is 20.8 Å². The van der Waals surface area contributed by atoms with Crippen LogP contribution in [0.3, 0.4) is 0 Å². The maximum Gasteiger partial charge on any atom is 0.339 e. The molecule has 0 atom stereocenters. The second kappa shape index (κ2) is 4.22. The third kappa shape index (κ3) is 3.03. The number of benzene rings is 1. The Hall–Kier alpha value is -1.42.